The van der Waals surface area contributed by atoms with Crippen LogP contribution in [0, 0.1) is 5.41 Å². The monoisotopic (exact) mass is 397 g/mol. The van der Waals surface area contributed by atoms with Gasteiger partial charge in [0.1, 0.15) is 5.70 Å². The highest BCUT2D eigenvalue weighted by molar-refractivity contribution is 6.13. The summed E-state index contributed by atoms with van der Waals surface area (Å²) in [6.07, 6.45) is 1.03. The molecule has 0 saturated carbocycles. The van der Waals surface area contributed by atoms with Crippen LogP contribution in [0.5, 0.6) is 0 Å². The Morgan fingerprint density at radius 2 is 1.50 bits per heavy atom. The van der Waals surface area contributed by atoms with Crippen molar-refractivity contribution in [1.29, 1.82) is 0 Å². The van der Waals surface area contributed by atoms with E-state index in [1.807, 2.05) is 0 Å². The Labute approximate surface area is 162 Å². The second-order valence-electron chi connectivity index (χ2n) is 6.18. The van der Waals surface area contributed by atoms with Crippen LogP contribution >= 0.6 is 0 Å². The number of methoxy groups -OCH3 is 5. The van der Waals surface area contributed by atoms with E-state index < -0.39 is 41.4 Å². The number of carbonyl (C=O) groups is 4. The molecule has 0 aromatic carbocycles. The van der Waals surface area contributed by atoms with Gasteiger partial charge in [-0.3, -0.25) is 4.79 Å². The number of hydrogen-bond donors (Lipinski definition) is 0. The van der Waals surface area contributed by atoms with Gasteiger partial charge in [0.05, 0.1) is 51.7 Å². The zero-order valence-electron chi connectivity index (χ0n) is 16.6. The lowest BCUT2D eigenvalue weighted by atomic mass is 9.64. The Balaban J connectivity index is 2.99. The first-order chi connectivity index (χ1) is 13.3. The van der Waals surface area contributed by atoms with E-state index in [9.17, 15) is 19.2 Å². The number of nitrogens with zero attached hydrogens (tertiary/aromatic N) is 1. The molecule has 1 aliphatic heterocycles. The predicted molar refractivity (Wildman–Crippen MR) is 92.6 cm³/mol. The number of esters is 4. The molecule has 0 saturated heterocycles. The molecule has 154 valence electrons. The summed E-state index contributed by atoms with van der Waals surface area (Å²) < 4.78 is 25.0. The fourth-order valence-corrected chi connectivity index (χ4v) is 4.06. The van der Waals surface area contributed by atoms with E-state index in [0.29, 0.717) is 0 Å². The molecule has 0 N–H and O–H groups in total. The normalized spacial score (nSPS) is 26.2. The molecule has 28 heavy (non-hydrogen) atoms. The first kappa shape index (κ1) is 21.4. The minimum Gasteiger partial charge on any atom is -0.468 e. The maximum absolute atomic E-state index is 13.1. The smallest absolute Gasteiger partial charge is 0.354 e. The van der Waals surface area contributed by atoms with Crippen LogP contribution in [0.4, 0.5) is 0 Å². The molecule has 0 spiro atoms. The Hall–Kier alpha value is -2.88. The summed E-state index contributed by atoms with van der Waals surface area (Å²) in [5.41, 5.74) is -2.71. The third-order valence-electron chi connectivity index (χ3n) is 5.16. The first-order valence-corrected chi connectivity index (χ1v) is 8.32. The van der Waals surface area contributed by atoms with Gasteiger partial charge in [0, 0.05) is 14.2 Å². The van der Waals surface area contributed by atoms with Crippen LogP contribution in [0.1, 0.15) is 6.42 Å². The number of ether oxygens (including phenoxy) is 5. The fourth-order valence-electron chi connectivity index (χ4n) is 4.06. The van der Waals surface area contributed by atoms with Gasteiger partial charge in [-0.1, -0.05) is 6.08 Å². The molecule has 0 bridgehead atoms. The average molecular weight is 397 g/mol. The maximum Gasteiger partial charge on any atom is 0.354 e. The van der Waals surface area contributed by atoms with Crippen molar-refractivity contribution in [3.8, 4) is 0 Å². The third-order valence-corrected chi connectivity index (χ3v) is 5.16. The minimum absolute atomic E-state index is 0.133. The molecule has 1 aliphatic carbocycles. The summed E-state index contributed by atoms with van der Waals surface area (Å²) >= 11 is 0. The van der Waals surface area contributed by atoms with Crippen LogP contribution in [0.15, 0.2) is 22.9 Å². The second kappa shape index (κ2) is 8.01. The zero-order chi connectivity index (χ0) is 21.2. The molecule has 0 aromatic heterocycles. The Bertz CT molecular complexity index is 769. The van der Waals surface area contributed by atoms with Crippen LogP contribution in [-0.2, 0) is 42.9 Å². The highest BCUT2D eigenvalue weighted by Crippen LogP contribution is 2.54. The SMILES string of the molecule is COC(=O)C1=CC[C@H](OC)[C@H]2N(C)C(C(=O)OC)=C(C(=O)OC)[C@@]12C(=O)OC. The van der Waals surface area contributed by atoms with Crippen LogP contribution in [0.2, 0.25) is 0 Å². The lowest BCUT2D eigenvalue weighted by Crippen LogP contribution is -2.58. The quantitative estimate of drug-likeness (QED) is 0.447. The number of rotatable bonds is 5. The van der Waals surface area contributed by atoms with Crippen molar-refractivity contribution in [2.45, 2.75) is 18.6 Å². The number of likely N-dealkylation sites (N-methyl/N-ethyl adjacent to an activating group) is 1. The highest BCUT2D eigenvalue weighted by Gasteiger charge is 2.68. The summed E-state index contributed by atoms with van der Waals surface area (Å²) in [5, 5.41) is 0. The first-order valence-electron chi connectivity index (χ1n) is 8.32. The number of carbonyl (C=O) groups excluding carboxylic acids is 4. The van der Waals surface area contributed by atoms with Gasteiger partial charge in [-0.05, 0) is 6.42 Å². The molecular weight excluding hydrogens is 374 g/mol. The largest absolute Gasteiger partial charge is 0.468 e. The number of hydrogen-bond acceptors (Lipinski definition) is 10. The summed E-state index contributed by atoms with van der Waals surface area (Å²) in [7, 11) is 7.41. The molecule has 10 nitrogen and oxygen atoms in total. The van der Waals surface area contributed by atoms with Crippen molar-refractivity contribution in [3.05, 3.63) is 22.9 Å². The van der Waals surface area contributed by atoms with Crippen molar-refractivity contribution >= 4 is 23.9 Å². The third kappa shape index (κ3) is 2.75. The van der Waals surface area contributed by atoms with Crippen LogP contribution in [-0.4, -0.2) is 83.5 Å². The fraction of sp³-hybridized carbons (Fsp3) is 0.556. The molecule has 10 heteroatoms. The summed E-state index contributed by atoms with van der Waals surface area (Å²) in [6.45, 7) is 0. The van der Waals surface area contributed by atoms with E-state index in [4.69, 9.17) is 23.7 Å². The van der Waals surface area contributed by atoms with E-state index in [1.54, 1.807) is 0 Å². The van der Waals surface area contributed by atoms with Crippen molar-refractivity contribution in [1.82, 2.24) is 4.90 Å². The Kier molecular flexibility index (Phi) is 6.13. The Morgan fingerprint density at radius 3 is 1.96 bits per heavy atom. The summed E-state index contributed by atoms with van der Waals surface area (Å²) in [5.74, 6) is -3.63. The highest BCUT2D eigenvalue weighted by atomic mass is 16.5. The van der Waals surface area contributed by atoms with E-state index in [1.165, 1.54) is 25.1 Å². The second-order valence-corrected chi connectivity index (χ2v) is 6.18. The molecule has 0 radical (unpaired) electrons. The molecule has 2 rings (SSSR count). The number of fused-ring (bicyclic) bond motifs is 1. The van der Waals surface area contributed by atoms with Crippen molar-refractivity contribution in [3.63, 3.8) is 0 Å². The van der Waals surface area contributed by atoms with E-state index in [-0.39, 0.29) is 23.3 Å². The van der Waals surface area contributed by atoms with Gasteiger partial charge in [-0.2, -0.15) is 0 Å². The molecule has 2 aliphatic rings. The van der Waals surface area contributed by atoms with Crippen LogP contribution in [0.3, 0.4) is 0 Å². The van der Waals surface area contributed by atoms with Gasteiger partial charge in [0.25, 0.3) is 0 Å². The van der Waals surface area contributed by atoms with Gasteiger partial charge in [-0.15, -0.1) is 0 Å². The van der Waals surface area contributed by atoms with Gasteiger partial charge >= 0.3 is 23.9 Å². The van der Waals surface area contributed by atoms with Gasteiger partial charge in [0.15, 0.2) is 5.41 Å². The molecule has 0 amide bonds. The van der Waals surface area contributed by atoms with Crippen LogP contribution < -0.4 is 0 Å². The van der Waals surface area contributed by atoms with Crippen LogP contribution in [0.25, 0.3) is 0 Å². The van der Waals surface area contributed by atoms with E-state index in [0.717, 1.165) is 28.4 Å². The van der Waals surface area contributed by atoms with Crippen molar-refractivity contribution < 1.29 is 42.9 Å². The lowest BCUT2D eigenvalue weighted by Gasteiger charge is -2.43. The Morgan fingerprint density at radius 1 is 0.929 bits per heavy atom. The lowest BCUT2D eigenvalue weighted by molar-refractivity contribution is -0.159. The van der Waals surface area contributed by atoms with Gasteiger partial charge in [0.2, 0.25) is 0 Å². The summed E-state index contributed by atoms with van der Waals surface area (Å²) in [6, 6.07) is -0.952. The zero-order valence-corrected chi connectivity index (χ0v) is 16.6. The van der Waals surface area contributed by atoms with Gasteiger partial charge in [-0.25, -0.2) is 14.4 Å². The molecule has 0 aromatic rings. The molecule has 1 heterocycles. The molecule has 0 unspecified atom stereocenters. The maximum atomic E-state index is 13.1. The van der Waals surface area contributed by atoms with E-state index in [2.05, 4.69) is 0 Å². The van der Waals surface area contributed by atoms with E-state index >= 15 is 0 Å². The van der Waals surface area contributed by atoms with Crippen molar-refractivity contribution in [2.75, 3.05) is 42.6 Å². The summed E-state index contributed by atoms with van der Waals surface area (Å²) in [4.78, 5) is 52.4. The standard InChI is InChI=1S/C18H23NO9/c1-19-12(16(22)27-5)11(15(21)26-4)18(17(23)28-6)9(14(20)25-3)7-8-10(24-2)13(18)19/h7,10,13H,8H2,1-6H3/t10-,13+,18-/m0/s1. The molecule has 0 fully saturated rings. The molecule has 3 atom stereocenters. The van der Waals surface area contributed by atoms with Gasteiger partial charge < -0.3 is 28.6 Å². The minimum atomic E-state index is -1.99. The van der Waals surface area contributed by atoms with Crippen molar-refractivity contribution in [2.24, 2.45) is 5.41 Å². The topological polar surface area (TPSA) is 118 Å². The predicted octanol–water partition coefficient (Wildman–Crippen LogP) is -0.422. The molecular formula is C18H23NO9. The average Bonchev–Trinajstić information content (AvgIpc) is 3.01.